The summed E-state index contributed by atoms with van der Waals surface area (Å²) in [6.45, 7) is 4.60. The predicted octanol–water partition coefficient (Wildman–Crippen LogP) is 2.60. The molecule has 6 heteroatoms. The minimum Gasteiger partial charge on any atom is -0.394 e. The SMILES string of the molecule is CC(C)CC(CO)NC(=O)c1cc(N2CCCC2=O)ccc1Cl. The molecule has 0 aliphatic carbocycles. The Bertz CT molecular complexity index is 589. The van der Waals surface area contributed by atoms with E-state index in [1.807, 2.05) is 13.8 Å². The zero-order chi connectivity index (χ0) is 17.0. The van der Waals surface area contributed by atoms with E-state index in [-0.39, 0.29) is 24.5 Å². The summed E-state index contributed by atoms with van der Waals surface area (Å²) in [5.41, 5.74) is 1.01. The fourth-order valence-electron chi connectivity index (χ4n) is 2.79. The minimum atomic E-state index is -0.330. The number of nitrogens with zero attached hydrogens (tertiary/aromatic N) is 1. The first-order chi connectivity index (χ1) is 10.9. The van der Waals surface area contributed by atoms with Crippen LogP contribution < -0.4 is 10.2 Å². The summed E-state index contributed by atoms with van der Waals surface area (Å²) in [6.07, 6.45) is 2.04. The smallest absolute Gasteiger partial charge is 0.253 e. The number of aliphatic hydroxyl groups excluding tert-OH is 1. The van der Waals surface area contributed by atoms with Gasteiger partial charge < -0.3 is 15.3 Å². The molecule has 2 amide bonds. The number of benzene rings is 1. The van der Waals surface area contributed by atoms with Gasteiger partial charge in [-0.1, -0.05) is 25.4 Å². The Labute approximate surface area is 141 Å². The molecule has 23 heavy (non-hydrogen) atoms. The molecule has 1 aromatic rings. The number of aliphatic hydroxyl groups is 1. The molecule has 0 aromatic heterocycles. The Morgan fingerprint density at radius 3 is 2.74 bits per heavy atom. The molecule has 0 spiro atoms. The van der Waals surface area contributed by atoms with E-state index in [0.717, 1.165) is 6.42 Å². The molecular formula is C17H23ClN2O3. The second-order valence-electron chi connectivity index (χ2n) is 6.30. The van der Waals surface area contributed by atoms with Crippen LogP contribution in [0.5, 0.6) is 0 Å². The predicted molar refractivity (Wildman–Crippen MR) is 90.8 cm³/mol. The maximum atomic E-state index is 12.5. The summed E-state index contributed by atoms with van der Waals surface area (Å²) in [7, 11) is 0. The minimum absolute atomic E-state index is 0.0618. The van der Waals surface area contributed by atoms with Crippen molar-refractivity contribution < 1.29 is 14.7 Å². The third kappa shape index (κ3) is 4.45. The van der Waals surface area contributed by atoms with Crippen LogP contribution in [0.3, 0.4) is 0 Å². The number of carbonyl (C=O) groups is 2. The summed E-state index contributed by atoms with van der Waals surface area (Å²) in [6, 6.07) is 4.72. The molecule has 1 fully saturated rings. The van der Waals surface area contributed by atoms with Crippen LogP contribution in [0.1, 0.15) is 43.5 Å². The van der Waals surface area contributed by atoms with E-state index in [9.17, 15) is 14.7 Å². The number of anilines is 1. The average molecular weight is 339 g/mol. The van der Waals surface area contributed by atoms with Crippen molar-refractivity contribution in [2.24, 2.45) is 5.92 Å². The third-order valence-corrected chi connectivity index (χ3v) is 4.22. The zero-order valence-corrected chi connectivity index (χ0v) is 14.3. The number of nitrogens with one attached hydrogen (secondary N) is 1. The number of carbonyl (C=O) groups excluding carboxylic acids is 2. The van der Waals surface area contributed by atoms with E-state index in [2.05, 4.69) is 5.32 Å². The van der Waals surface area contributed by atoms with E-state index < -0.39 is 0 Å². The molecule has 0 radical (unpaired) electrons. The Morgan fingerprint density at radius 1 is 1.43 bits per heavy atom. The highest BCUT2D eigenvalue weighted by molar-refractivity contribution is 6.34. The molecular weight excluding hydrogens is 316 g/mol. The lowest BCUT2D eigenvalue weighted by atomic mass is 10.0. The number of hydrogen-bond acceptors (Lipinski definition) is 3. The lowest BCUT2D eigenvalue weighted by Crippen LogP contribution is -2.38. The molecule has 1 saturated heterocycles. The number of hydrogen-bond donors (Lipinski definition) is 2. The molecule has 2 rings (SSSR count). The highest BCUT2D eigenvalue weighted by atomic mass is 35.5. The normalized spacial score (nSPS) is 16.0. The average Bonchev–Trinajstić information content (AvgIpc) is 2.92. The van der Waals surface area contributed by atoms with Crippen molar-refractivity contribution in [1.82, 2.24) is 5.32 Å². The molecule has 2 N–H and O–H groups in total. The Balaban J connectivity index is 2.17. The first-order valence-corrected chi connectivity index (χ1v) is 8.31. The summed E-state index contributed by atoms with van der Waals surface area (Å²) < 4.78 is 0. The van der Waals surface area contributed by atoms with E-state index in [1.165, 1.54) is 0 Å². The van der Waals surface area contributed by atoms with Crippen LogP contribution in [-0.4, -0.2) is 36.1 Å². The van der Waals surface area contributed by atoms with Crippen LogP contribution in [0.2, 0.25) is 5.02 Å². The molecule has 1 aliphatic heterocycles. The fourth-order valence-corrected chi connectivity index (χ4v) is 2.99. The van der Waals surface area contributed by atoms with Gasteiger partial charge in [0.15, 0.2) is 0 Å². The molecule has 5 nitrogen and oxygen atoms in total. The van der Waals surface area contributed by atoms with Gasteiger partial charge in [0.25, 0.3) is 5.91 Å². The van der Waals surface area contributed by atoms with Crippen LogP contribution in [0.25, 0.3) is 0 Å². The Kier molecular flexibility index (Phi) is 6.02. The first-order valence-electron chi connectivity index (χ1n) is 7.94. The van der Waals surface area contributed by atoms with Gasteiger partial charge in [-0.3, -0.25) is 9.59 Å². The molecule has 1 unspecified atom stereocenters. The number of rotatable bonds is 6. The lowest BCUT2D eigenvalue weighted by molar-refractivity contribution is -0.117. The van der Waals surface area contributed by atoms with Gasteiger partial charge in [0, 0.05) is 18.7 Å². The number of amides is 2. The topological polar surface area (TPSA) is 69.6 Å². The van der Waals surface area contributed by atoms with Crippen molar-refractivity contribution in [2.45, 2.75) is 39.2 Å². The second kappa shape index (κ2) is 7.79. The first kappa shape index (κ1) is 17.8. The zero-order valence-electron chi connectivity index (χ0n) is 13.5. The van der Waals surface area contributed by atoms with Gasteiger partial charge >= 0.3 is 0 Å². The summed E-state index contributed by atoms with van der Waals surface area (Å²) in [5.74, 6) is 0.0893. The van der Waals surface area contributed by atoms with Crippen LogP contribution in [0, 0.1) is 5.92 Å². The summed E-state index contributed by atoms with van der Waals surface area (Å²) in [4.78, 5) is 26.0. The highest BCUT2D eigenvalue weighted by Gasteiger charge is 2.24. The summed E-state index contributed by atoms with van der Waals surface area (Å²) >= 11 is 6.14. The van der Waals surface area contributed by atoms with E-state index in [1.54, 1.807) is 23.1 Å². The largest absolute Gasteiger partial charge is 0.394 e. The van der Waals surface area contributed by atoms with Crippen molar-refractivity contribution in [3.63, 3.8) is 0 Å². The molecule has 126 valence electrons. The van der Waals surface area contributed by atoms with Crippen molar-refractivity contribution in [3.8, 4) is 0 Å². The van der Waals surface area contributed by atoms with Crippen molar-refractivity contribution in [2.75, 3.05) is 18.1 Å². The third-order valence-electron chi connectivity index (χ3n) is 3.89. The van der Waals surface area contributed by atoms with Gasteiger partial charge in [-0.05, 0) is 37.0 Å². The highest BCUT2D eigenvalue weighted by Crippen LogP contribution is 2.26. The maximum absolute atomic E-state index is 12.5. The van der Waals surface area contributed by atoms with Crippen molar-refractivity contribution in [1.29, 1.82) is 0 Å². The van der Waals surface area contributed by atoms with Gasteiger partial charge in [-0.15, -0.1) is 0 Å². The lowest BCUT2D eigenvalue weighted by Gasteiger charge is -2.20. The number of halogens is 1. The standard InChI is InChI=1S/C17H23ClN2O3/c1-11(2)8-12(10-21)19-17(23)14-9-13(5-6-15(14)18)20-7-3-4-16(20)22/h5-6,9,11-12,21H,3-4,7-8,10H2,1-2H3,(H,19,23). The van der Waals surface area contributed by atoms with Gasteiger partial charge in [-0.25, -0.2) is 0 Å². The Morgan fingerprint density at radius 2 is 2.17 bits per heavy atom. The maximum Gasteiger partial charge on any atom is 0.253 e. The van der Waals surface area contributed by atoms with Crippen molar-refractivity contribution >= 4 is 29.1 Å². The molecule has 1 aliphatic rings. The molecule has 0 bridgehead atoms. The fraction of sp³-hybridized carbons (Fsp3) is 0.529. The van der Waals surface area contributed by atoms with E-state index in [0.29, 0.717) is 41.6 Å². The van der Waals surface area contributed by atoms with Gasteiger partial charge in [-0.2, -0.15) is 0 Å². The molecule has 1 atom stereocenters. The summed E-state index contributed by atoms with van der Waals surface area (Å²) in [5, 5.41) is 12.5. The van der Waals surface area contributed by atoms with Crippen LogP contribution in [0.15, 0.2) is 18.2 Å². The Hall–Kier alpha value is -1.59. The van der Waals surface area contributed by atoms with Crippen LogP contribution in [0.4, 0.5) is 5.69 Å². The second-order valence-corrected chi connectivity index (χ2v) is 6.70. The molecule has 1 heterocycles. The van der Waals surface area contributed by atoms with Gasteiger partial charge in [0.2, 0.25) is 5.91 Å². The molecule has 1 aromatic carbocycles. The van der Waals surface area contributed by atoms with Crippen molar-refractivity contribution in [3.05, 3.63) is 28.8 Å². The molecule has 0 saturated carbocycles. The van der Waals surface area contributed by atoms with Gasteiger partial charge in [0.1, 0.15) is 0 Å². The van der Waals surface area contributed by atoms with E-state index >= 15 is 0 Å². The van der Waals surface area contributed by atoms with Gasteiger partial charge in [0.05, 0.1) is 23.2 Å². The quantitative estimate of drug-likeness (QED) is 0.837. The van der Waals surface area contributed by atoms with E-state index in [4.69, 9.17) is 11.6 Å². The van der Waals surface area contributed by atoms with Crippen LogP contribution >= 0.6 is 11.6 Å². The van der Waals surface area contributed by atoms with Crippen LogP contribution in [-0.2, 0) is 4.79 Å². The monoisotopic (exact) mass is 338 g/mol.